The summed E-state index contributed by atoms with van der Waals surface area (Å²) in [5.41, 5.74) is 5.89. The Hall–Kier alpha value is -2.90. The number of fused-ring (bicyclic) bond motifs is 1. The Kier molecular flexibility index (Phi) is 4.09. The van der Waals surface area contributed by atoms with Crippen LogP contribution in [0.5, 0.6) is 0 Å². The van der Waals surface area contributed by atoms with Crippen molar-refractivity contribution < 1.29 is 14.7 Å². The van der Waals surface area contributed by atoms with Gasteiger partial charge in [-0.3, -0.25) is 10.0 Å². The molecule has 7 nitrogen and oxygen atoms in total. The van der Waals surface area contributed by atoms with Crippen LogP contribution in [0, 0.1) is 0 Å². The Morgan fingerprint density at radius 3 is 2.64 bits per heavy atom. The lowest BCUT2D eigenvalue weighted by Crippen LogP contribution is -2.36. The third-order valence-corrected chi connectivity index (χ3v) is 4.36. The molecule has 128 valence electrons. The molecule has 0 saturated carbocycles. The fourth-order valence-electron chi connectivity index (χ4n) is 2.99. The number of aromatic amines is 1. The molecule has 0 spiro atoms. The van der Waals surface area contributed by atoms with Crippen molar-refractivity contribution in [3.05, 3.63) is 48.0 Å². The van der Waals surface area contributed by atoms with Crippen molar-refractivity contribution in [2.24, 2.45) is 0 Å². The van der Waals surface area contributed by atoms with Crippen LogP contribution in [0.2, 0.25) is 0 Å². The van der Waals surface area contributed by atoms with E-state index in [9.17, 15) is 4.79 Å². The second-order valence-corrected chi connectivity index (χ2v) is 5.90. The van der Waals surface area contributed by atoms with Gasteiger partial charge in [-0.05, 0) is 30.3 Å². The topological polar surface area (TPSA) is 90.5 Å². The van der Waals surface area contributed by atoms with Gasteiger partial charge in [0.05, 0.1) is 24.2 Å². The van der Waals surface area contributed by atoms with Crippen molar-refractivity contribution in [1.82, 2.24) is 15.4 Å². The van der Waals surface area contributed by atoms with E-state index in [1.54, 1.807) is 29.7 Å². The second-order valence-electron chi connectivity index (χ2n) is 5.90. The molecule has 1 amide bonds. The average molecular weight is 338 g/mol. The van der Waals surface area contributed by atoms with Crippen molar-refractivity contribution >= 4 is 22.6 Å². The highest BCUT2D eigenvalue weighted by Gasteiger charge is 2.13. The van der Waals surface area contributed by atoms with Gasteiger partial charge in [0.15, 0.2) is 0 Å². The minimum atomic E-state index is -0.536. The number of hydrogen-bond acceptors (Lipinski definition) is 5. The van der Waals surface area contributed by atoms with E-state index in [2.05, 4.69) is 27.0 Å². The number of benzene rings is 2. The Labute approximate surface area is 144 Å². The molecule has 7 heteroatoms. The number of anilines is 1. The van der Waals surface area contributed by atoms with Crippen LogP contribution in [-0.2, 0) is 4.74 Å². The maximum absolute atomic E-state index is 11.4. The predicted molar refractivity (Wildman–Crippen MR) is 93.8 cm³/mol. The smallest absolute Gasteiger partial charge is 0.274 e. The van der Waals surface area contributed by atoms with E-state index in [0.717, 1.165) is 54.4 Å². The molecular formula is C18H18N4O3. The molecule has 1 saturated heterocycles. The molecule has 0 radical (unpaired) electrons. The van der Waals surface area contributed by atoms with Gasteiger partial charge in [0, 0.05) is 29.9 Å². The van der Waals surface area contributed by atoms with Gasteiger partial charge in [-0.15, -0.1) is 0 Å². The zero-order chi connectivity index (χ0) is 17.2. The van der Waals surface area contributed by atoms with E-state index in [1.807, 2.05) is 6.07 Å². The van der Waals surface area contributed by atoms with Crippen LogP contribution in [0.15, 0.2) is 42.5 Å². The Balaban J connectivity index is 1.63. The van der Waals surface area contributed by atoms with Gasteiger partial charge < -0.3 is 14.6 Å². The number of morpholine rings is 1. The minimum Gasteiger partial charge on any atom is -0.378 e. The quantitative estimate of drug-likeness (QED) is 0.503. The first-order valence-corrected chi connectivity index (χ1v) is 8.12. The fourth-order valence-corrected chi connectivity index (χ4v) is 2.99. The number of hydrogen-bond donors (Lipinski definition) is 3. The van der Waals surface area contributed by atoms with Gasteiger partial charge in [0.1, 0.15) is 5.82 Å². The molecule has 1 aromatic heterocycles. The van der Waals surface area contributed by atoms with Gasteiger partial charge in [-0.1, -0.05) is 12.1 Å². The van der Waals surface area contributed by atoms with Crippen molar-refractivity contribution in [1.29, 1.82) is 0 Å². The number of nitrogens with one attached hydrogen (secondary N) is 2. The summed E-state index contributed by atoms with van der Waals surface area (Å²) in [5.74, 6) is 0.205. The summed E-state index contributed by atoms with van der Waals surface area (Å²) < 4.78 is 5.40. The predicted octanol–water partition coefficient (Wildman–Crippen LogP) is 2.19. The zero-order valence-corrected chi connectivity index (χ0v) is 13.5. The first-order valence-electron chi connectivity index (χ1n) is 8.12. The van der Waals surface area contributed by atoms with E-state index >= 15 is 0 Å². The molecule has 2 heterocycles. The molecule has 1 aliphatic rings. The molecule has 1 fully saturated rings. The number of hydroxylamine groups is 1. The highest BCUT2D eigenvalue weighted by molar-refractivity contribution is 5.93. The molecule has 1 aliphatic heterocycles. The molecule has 0 bridgehead atoms. The van der Waals surface area contributed by atoms with Crippen LogP contribution in [0.3, 0.4) is 0 Å². The lowest BCUT2D eigenvalue weighted by molar-refractivity contribution is 0.0706. The summed E-state index contributed by atoms with van der Waals surface area (Å²) in [6, 6.07) is 13.1. The Morgan fingerprint density at radius 1 is 1.16 bits per heavy atom. The summed E-state index contributed by atoms with van der Waals surface area (Å²) in [6.07, 6.45) is 0. The normalized spacial score (nSPS) is 14.7. The lowest BCUT2D eigenvalue weighted by Gasteiger charge is -2.28. The van der Waals surface area contributed by atoms with Crippen molar-refractivity contribution in [2.45, 2.75) is 0 Å². The Morgan fingerprint density at radius 2 is 1.92 bits per heavy atom. The standard InChI is InChI=1S/C18H18N4O3/c23-18(21-24)13-3-1-12(2-4-13)17-19-15-6-5-14(11-16(15)20-17)22-7-9-25-10-8-22/h1-6,11,24H,7-10H2,(H,19,20)(H,21,23). The number of carbonyl (C=O) groups excluding carboxylic acids is 1. The monoisotopic (exact) mass is 338 g/mol. The van der Waals surface area contributed by atoms with Gasteiger partial charge >= 0.3 is 0 Å². The van der Waals surface area contributed by atoms with Gasteiger partial charge in [0.25, 0.3) is 5.91 Å². The van der Waals surface area contributed by atoms with Crippen molar-refractivity contribution in [3.8, 4) is 11.4 Å². The SMILES string of the molecule is O=C(NO)c1ccc(-c2nc3cc(N4CCOCC4)ccc3[nH]2)cc1. The van der Waals surface area contributed by atoms with E-state index in [1.165, 1.54) is 0 Å². The summed E-state index contributed by atoms with van der Waals surface area (Å²) in [5, 5.41) is 8.67. The minimum absolute atomic E-state index is 0.386. The number of nitrogens with zero attached hydrogens (tertiary/aromatic N) is 2. The van der Waals surface area contributed by atoms with Crippen molar-refractivity contribution in [2.75, 3.05) is 31.2 Å². The average Bonchev–Trinajstić information content (AvgIpc) is 3.11. The van der Waals surface area contributed by atoms with Crippen LogP contribution in [0.25, 0.3) is 22.4 Å². The van der Waals surface area contributed by atoms with Crippen LogP contribution in [-0.4, -0.2) is 47.4 Å². The first-order chi connectivity index (χ1) is 12.2. The maximum atomic E-state index is 11.4. The fraction of sp³-hybridized carbons (Fsp3) is 0.222. The molecular weight excluding hydrogens is 320 g/mol. The van der Waals surface area contributed by atoms with Crippen LogP contribution in [0.4, 0.5) is 5.69 Å². The van der Waals surface area contributed by atoms with Crippen molar-refractivity contribution in [3.63, 3.8) is 0 Å². The Bertz CT molecular complexity index is 898. The zero-order valence-electron chi connectivity index (χ0n) is 13.5. The largest absolute Gasteiger partial charge is 0.378 e. The molecule has 2 aromatic carbocycles. The number of carbonyl (C=O) groups is 1. The summed E-state index contributed by atoms with van der Waals surface area (Å²) in [4.78, 5) is 21.7. The number of aromatic nitrogens is 2. The number of H-pyrrole nitrogens is 1. The number of rotatable bonds is 3. The first kappa shape index (κ1) is 15.6. The lowest BCUT2D eigenvalue weighted by atomic mass is 10.1. The summed E-state index contributed by atoms with van der Waals surface area (Å²) in [6.45, 7) is 3.27. The summed E-state index contributed by atoms with van der Waals surface area (Å²) >= 11 is 0. The highest BCUT2D eigenvalue weighted by Crippen LogP contribution is 2.25. The van der Waals surface area contributed by atoms with E-state index in [4.69, 9.17) is 9.94 Å². The highest BCUT2D eigenvalue weighted by atomic mass is 16.5. The second kappa shape index (κ2) is 6.54. The molecule has 0 unspecified atom stereocenters. The molecule has 3 N–H and O–H groups in total. The van der Waals surface area contributed by atoms with E-state index in [0.29, 0.717) is 5.56 Å². The van der Waals surface area contributed by atoms with Gasteiger partial charge in [0.2, 0.25) is 0 Å². The molecule has 25 heavy (non-hydrogen) atoms. The number of amides is 1. The third-order valence-electron chi connectivity index (χ3n) is 4.36. The summed E-state index contributed by atoms with van der Waals surface area (Å²) in [7, 11) is 0. The van der Waals surface area contributed by atoms with Crippen LogP contribution >= 0.6 is 0 Å². The molecule has 3 aromatic rings. The molecule has 4 rings (SSSR count). The number of imidazole rings is 1. The van der Waals surface area contributed by atoms with E-state index < -0.39 is 5.91 Å². The van der Waals surface area contributed by atoms with Crippen LogP contribution in [0.1, 0.15) is 10.4 Å². The molecule has 0 atom stereocenters. The van der Waals surface area contributed by atoms with Crippen LogP contribution < -0.4 is 10.4 Å². The number of ether oxygens (including phenoxy) is 1. The maximum Gasteiger partial charge on any atom is 0.274 e. The third kappa shape index (κ3) is 3.07. The van der Waals surface area contributed by atoms with E-state index in [-0.39, 0.29) is 0 Å². The van der Waals surface area contributed by atoms with Gasteiger partial charge in [-0.25, -0.2) is 10.5 Å². The van der Waals surface area contributed by atoms with Gasteiger partial charge in [-0.2, -0.15) is 0 Å². The molecule has 0 aliphatic carbocycles.